The molecule has 0 saturated heterocycles. The van der Waals surface area contributed by atoms with Gasteiger partial charge in [0.05, 0.1) is 7.11 Å². The molecular formula is C11H11ClN2O. The van der Waals surface area contributed by atoms with E-state index in [2.05, 4.69) is 10.3 Å². The Kier molecular flexibility index (Phi) is 2.64. The minimum absolute atomic E-state index is 0.749. The normalized spacial score (nSPS) is 23.6. The van der Waals surface area contributed by atoms with Gasteiger partial charge in [-0.3, -0.25) is 4.99 Å². The molecule has 0 bridgehead atoms. The number of hydrogen-bond donors (Lipinski definition) is 1. The van der Waals surface area contributed by atoms with Crippen LogP contribution in [-0.2, 0) is 5.00 Å². The number of rotatable bonds is 2. The number of nitrogens with one attached hydrogen (secondary N) is 1. The second kappa shape index (κ2) is 3.95. The molecule has 1 aromatic carbocycles. The van der Waals surface area contributed by atoms with Gasteiger partial charge in [0.25, 0.3) is 0 Å². The maximum atomic E-state index is 6.34. The van der Waals surface area contributed by atoms with Gasteiger partial charge >= 0.3 is 0 Å². The van der Waals surface area contributed by atoms with E-state index in [1.165, 1.54) is 0 Å². The SMILES string of the molecule is COc1ccc(C2(Cl)C=NC=CN2)cc1. The summed E-state index contributed by atoms with van der Waals surface area (Å²) in [7, 11) is 1.63. The maximum absolute atomic E-state index is 6.34. The lowest BCUT2D eigenvalue weighted by Gasteiger charge is -2.25. The fourth-order valence-electron chi connectivity index (χ4n) is 1.38. The molecule has 2 rings (SSSR count). The lowest BCUT2D eigenvalue weighted by Crippen LogP contribution is -2.36. The van der Waals surface area contributed by atoms with Crippen LogP contribution in [0.2, 0.25) is 0 Å². The van der Waals surface area contributed by atoms with Crippen LogP contribution in [0, 0.1) is 0 Å². The van der Waals surface area contributed by atoms with Gasteiger partial charge in [0, 0.05) is 18.6 Å². The highest BCUT2D eigenvalue weighted by Gasteiger charge is 2.26. The molecule has 1 atom stereocenters. The fourth-order valence-corrected chi connectivity index (χ4v) is 1.62. The Morgan fingerprint density at radius 1 is 1.33 bits per heavy atom. The summed E-state index contributed by atoms with van der Waals surface area (Å²) in [6, 6.07) is 7.55. The van der Waals surface area contributed by atoms with Crippen molar-refractivity contribution in [2.45, 2.75) is 5.00 Å². The van der Waals surface area contributed by atoms with Crippen LogP contribution in [0.15, 0.2) is 41.7 Å². The number of nitrogens with zero attached hydrogens (tertiary/aromatic N) is 1. The summed E-state index contributed by atoms with van der Waals surface area (Å²) in [5.74, 6) is 0.808. The molecule has 1 aliphatic rings. The van der Waals surface area contributed by atoms with E-state index in [4.69, 9.17) is 16.3 Å². The van der Waals surface area contributed by atoms with E-state index in [0.29, 0.717) is 0 Å². The Bertz CT molecular complexity index is 400. The lowest BCUT2D eigenvalue weighted by atomic mass is 10.1. The third-order valence-electron chi connectivity index (χ3n) is 2.22. The zero-order chi connectivity index (χ0) is 10.7. The van der Waals surface area contributed by atoms with Crippen LogP contribution in [-0.4, -0.2) is 13.3 Å². The molecule has 4 heteroatoms. The number of methoxy groups -OCH3 is 1. The predicted octanol–water partition coefficient (Wildman–Crippen LogP) is 2.23. The van der Waals surface area contributed by atoms with Crippen LogP contribution in [0.1, 0.15) is 5.56 Å². The lowest BCUT2D eigenvalue weighted by molar-refractivity contribution is 0.414. The minimum Gasteiger partial charge on any atom is -0.497 e. The first-order chi connectivity index (χ1) is 7.24. The summed E-state index contributed by atoms with van der Waals surface area (Å²) in [4.78, 5) is 3.27. The van der Waals surface area contributed by atoms with Crippen LogP contribution in [0.3, 0.4) is 0 Å². The average molecular weight is 223 g/mol. The van der Waals surface area contributed by atoms with Crippen molar-refractivity contribution in [1.29, 1.82) is 0 Å². The Hall–Kier alpha value is -1.48. The van der Waals surface area contributed by atoms with Crippen LogP contribution in [0.25, 0.3) is 0 Å². The summed E-state index contributed by atoms with van der Waals surface area (Å²) in [5, 5.41) is 3.04. The average Bonchev–Trinajstić information content (AvgIpc) is 2.30. The van der Waals surface area contributed by atoms with Gasteiger partial charge in [0.15, 0.2) is 5.00 Å². The molecule has 0 fully saturated rings. The maximum Gasteiger partial charge on any atom is 0.174 e. The van der Waals surface area contributed by atoms with Crippen molar-refractivity contribution in [2.75, 3.05) is 7.11 Å². The standard InChI is InChI=1S/C11H11ClN2O/c1-15-10-4-2-9(3-5-10)11(12)8-13-6-7-14-11/h2-8,14H,1H3. The Labute approximate surface area is 93.4 Å². The van der Waals surface area contributed by atoms with Gasteiger partial charge in [-0.05, 0) is 17.7 Å². The first-order valence-corrected chi connectivity index (χ1v) is 4.93. The van der Waals surface area contributed by atoms with E-state index in [1.54, 1.807) is 25.7 Å². The van der Waals surface area contributed by atoms with E-state index >= 15 is 0 Å². The van der Waals surface area contributed by atoms with Gasteiger partial charge in [-0.1, -0.05) is 23.7 Å². The Morgan fingerprint density at radius 2 is 2.07 bits per heavy atom. The Morgan fingerprint density at radius 3 is 2.60 bits per heavy atom. The van der Waals surface area contributed by atoms with Crippen LogP contribution in [0.4, 0.5) is 0 Å². The van der Waals surface area contributed by atoms with Gasteiger partial charge in [0.1, 0.15) is 5.75 Å². The highest BCUT2D eigenvalue weighted by atomic mass is 35.5. The second-order valence-electron chi connectivity index (χ2n) is 3.18. The molecule has 1 aromatic rings. The molecule has 0 aliphatic carbocycles. The van der Waals surface area contributed by atoms with Crippen molar-refractivity contribution >= 4 is 17.8 Å². The van der Waals surface area contributed by atoms with Gasteiger partial charge in [0.2, 0.25) is 0 Å². The van der Waals surface area contributed by atoms with Crippen molar-refractivity contribution in [3.05, 3.63) is 42.2 Å². The molecule has 15 heavy (non-hydrogen) atoms. The van der Waals surface area contributed by atoms with Gasteiger partial charge < -0.3 is 10.1 Å². The van der Waals surface area contributed by atoms with Gasteiger partial charge in [-0.2, -0.15) is 0 Å². The van der Waals surface area contributed by atoms with Crippen molar-refractivity contribution < 1.29 is 4.74 Å². The Balaban J connectivity index is 2.29. The van der Waals surface area contributed by atoms with Crippen LogP contribution in [0.5, 0.6) is 5.75 Å². The molecule has 1 heterocycles. The number of halogens is 1. The second-order valence-corrected chi connectivity index (χ2v) is 3.77. The number of alkyl halides is 1. The van der Waals surface area contributed by atoms with E-state index in [0.717, 1.165) is 11.3 Å². The first-order valence-electron chi connectivity index (χ1n) is 4.55. The number of hydrogen-bond acceptors (Lipinski definition) is 3. The molecule has 0 amide bonds. The molecule has 78 valence electrons. The van der Waals surface area contributed by atoms with Gasteiger partial charge in [-0.25, -0.2) is 0 Å². The third kappa shape index (κ3) is 1.97. The van der Waals surface area contributed by atoms with E-state index in [9.17, 15) is 0 Å². The highest BCUT2D eigenvalue weighted by Crippen LogP contribution is 2.27. The fraction of sp³-hybridized carbons (Fsp3) is 0.182. The smallest absolute Gasteiger partial charge is 0.174 e. The monoisotopic (exact) mass is 222 g/mol. The number of benzene rings is 1. The largest absolute Gasteiger partial charge is 0.497 e. The summed E-state index contributed by atoms with van der Waals surface area (Å²) in [6.45, 7) is 0. The molecule has 0 aromatic heterocycles. The van der Waals surface area contributed by atoms with Gasteiger partial charge in [-0.15, -0.1) is 0 Å². The molecule has 0 radical (unpaired) electrons. The first kappa shape index (κ1) is 10.1. The van der Waals surface area contributed by atoms with Crippen molar-refractivity contribution in [2.24, 2.45) is 4.99 Å². The van der Waals surface area contributed by atoms with E-state index in [-0.39, 0.29) is 0 Å². The van der Waals surface area contributed by atoms with Crippen LogP contribution >= 0.6 is 11.6 Å². The highest BCUT2D eigenvalue weighted by molar-refractivity contribution is 6.32. The topological polar surface area (TPSA) is 33.6 Å². The predicted molar refractivity (Wildman–Crippen MR) is 61.3 cm³/mol. The molecular weight excluding hydrogens is 212 g/mol. The molecule has 1 aliphatic heterocycles. The zero-order valence-electron chi connectivity index (χ0n) is 8.27. The minimum atomic E-state index is -0.749. The third-order valence-corrected chi connectivity index (χ3v) is 2.64. The summed E-state index contributed by atoms with van der Waals surface area (Å²) < 4.78 is 5.08. The summed E-state index contributed by atoms with van der Waals surface area (Å²) in [6.07, 6.45) is 5.04. The van der Waals surface area contributed by atoms with Crippen molar-refractivity contribution in [1.82, 2.24) is 5.32 Å². The van der Waals surface area contributed by atoms with E-state index < -0.39 is 5.00 Å². The number of ether oxygens (including phenoxy) is 1. The summed E-state index contributed by atoms with van der Waals surface area (Å²) in [5.41, 5.74) is 0.929. The number of aliphatic imine (C=N–C) groups is 1. The molecule has 1 unspecified atom stereocenters. The molecule has 0 saturated carbocycles. The molecule has 3 nitrogen and oxygen atoms in total. The zero-order valence-corrected chi connectivity index (χ0v) is 9.03. The van der Waals surface area contributed by atoms with Crippen molar-refractivity contribution in [3.63, 3.8) is 0 Å². The molecule has 1 N–H and O–H groups in total. The van der Waals surface area contributed by atoms with E-state index in [1.807, 2.05) is 24.3 Å². The summed E-state index contributed by atoms with van der Waals surface area (Å²) >= 11 is 6.34. The van der Waals surface area contributed by atoms with Crippen molar-refractivity contribution in [3.8, 4) is 5.75 Å². The quantitative estimate of drug-likeness (QED) is 0.615. The molecule has 0 spiro atoms. The van der Waals surface area contributed by atoms with Crippen LogP contribution < -0.4 is 10.1 Å².